The van der Waals surface area contributed by atoms with Crippen molar-refractivity contribution in [2.24, 2.45) is 0 Å². The molecular weight excluding hydrogens is 350 g/mol. The molecule has 0 bridgehead atoms. The van der Waals surface area contributed by atoms with Gasteiger partial charge in [-0.05, 0) is 38.1 Å². The number of aromatic nitrogens is 2. The van der Waals surface area contributed by atoms with Gasteiger partial charge in [0, 0.05) is 22.4 Å². The first-order valence-electron chi connectivity index (χ1n) is 6.71. The van der Waals surface area contributed by atoms with E-state index in [1.165, 1.54) is 11.2 Å². The van der Waals surface area contributed by atoms with Crippen molar-refractivity contribution in [3.8, 4) is 5.69 Å². The number of carboxylic acids is 1. The van der Waals surface area contributed by atoms with Crippen LogP contribution in [0.5, 0.6) is 0 Å². The number of aliphatic carboxylic acids is 1. The van der Waals surface area contributed by atoms with Gasteiger partial charge in [-0.3, -0.25) is 9.59 Å². The van der Waals surface area contributed by atoms with Gasteiger partial charge >= 0.3 is 5.97 Å². The Morgan fingerprint density at radius 1 is 1.32 bits per heavy atom. The van der Waals surface area contributed by atoms with Crippen LogP contribution in [-0.4, -0.2) is 44.0 Å². The second kappa shape index (κ2) is 6.74. The number of carbonyl (C=O) groups is 2. The molecule has 1 aromatic heterocycles. The highest BCUT2D eigenvalue weighted by Crippen LogP contribution is 2.15. The van der Waals surface area contributed by atoms with Crippen molar-refractivity contribution in [1.82, 2.24) is 14.5 Å². The summed E-state index contributed by atoms with van der Waals surface area (Å²) in [5.74, 6) is -1.44. The van der Waals surface area contributed by atoms with Crippen LogP contribution in [0.3, 0.4) is 0 Å². The molecule has 6 nitrogen and oxygen atoms in total. The molecule has 1 heterocycles. The lowest BCUT2D eigenvalue weighted by molar-refractivity contribution is -0.138. The quantitative estimate of drug-likeness (QED) is 0.883. The lowest BCUT2D eigenvalue weighted by Gasteiger charge is -2.23. The number of carboxylic acid groups (broad SMARTS) is 1. The van der Waals surface area contributed by atoms with Gasteiger partial charge in [0.1, 0.15) is 18.6 Å². The average molecular weight is 366 g/mol. The zero-order valence-electron chi connectivity index (χ0n) is 12.2. The van der Waals surface area contributed by atoms with E-state index < -0.39 is 11.9 Å². The summed E-state index contributed by atoms with van der Waals surface area (Å²) in [7, 11) is 0. The zero-order valence-corrected chi connectivity index (χ0v) is 13.8. The Labute approximate surface area is 136 Å². The fourth-order valence-corrected chi connectivity index (χ4v) is 2.23. The van der Waals surface area contributed by atoms with Crippen molar-refractivity contribution < 1.29 is 14.7 Å². The van der Waals surface area contributed by atoms with Crippen molar-refractivity contribution in [2.45, 2.75) is 19.9 Å². The molecule has 22 heavy (non-hydrogen) atoms. The van der Waals surface area contributed by atoms with Crippen LogP contribution in [-0.2, 0) is 4.79 Å². The maximum atomic E-state index is 12.4. The predicted octanol–water partition coefficient (Wildman–Crippen LogP) is 2.57. The Morgan fingerprint density at radius 3 is 2.50 bits per heavy atom. The van der Waals surface area contributed by atoms with Crippen LogP contribution in [0.2, 0.25) is 0 Å². The molecule has 7 heteroatoms. The fourth-order valence-electron chi connectivity index (χ4n) is 1.97. The van der Waals surface area contributed by atoms with Crippen molar-refractivity contribution in [2.75, 3.05) is 6.54 Å². The zero-order chi connectivity index (χ0) is 16.3. The predicted molar refractivity (Wildman–Crippen MR) is 85.1 cm³/mol. The average Bonchev–Trinajstić information content (AvgIpc) is 2.94. The van der Waals surface area contributed by atoms with Crippen LogP contribution in [0.1, 0.15) is 24.3 Å². The van der Waals surface area contributed by atoms with Gasteiger partial charge in [0.15, 0.2) is 0 Å². The summed E-state index contributed by atoms with van der Waals surface area (Å²) in [5.41, 5.74) is 1.09. The van der Waals surface area contributed by atoms with Crippen LogP contribution in [0, 0.1) is 0 Å². The first-order valence-corrected chi connectivity index (χ1v) is 7.50. The minimum Gasteiger partial charge on any atom is -0.480 e. The second-order valence-corrected chi connectivity index (χ2v) is 5.98. The monoisotopic (exact) mass is 365 g/mol. The molecule has 2 aromatic rings. The van der Waals surface area contributed by atoms with Crippen molar-refractivity contribution >= 4 is 27.8 Å². The van der Waals surface area contributed by atoms with E-state index in [1.54, 1.807) is 24.6 Å². The Bertz CT molecular complexity index is 680. The van der Waals surface area contributed by atoms with Crippen LogP contribution in [0.25, 0.3) is 5.69 Å². The summed E-state index contributed by atoms with van der Waals surface area (Å²) >= 11 is 3.36. The molecule has 0 aliphatic carbocycles. The molecule has 0 saturated heterocycles. The van der Waals surface area contributed by atoms with Gasteiger partial charge in [-0.25, -0.2) is 4.98 Å². The number of nitrogens with zero attached hydrogens (tertiary/aromatic N) is 3. The molecular formula is C15H16BrN3O3. The number of imidazole rings is 1. The third-order valence-corrected chi connectivity index (χ3v) is 3.64. The van der Waals surface area contributed by atoms with Gasteiger partial charge < -0.3 is 14.6 Å². The van der Waals surface area contributed by atoms with E-state index in [0.29, 0.717) is 0 Å². The SMILES string of the molecule is CC(C)N(CC(=O)O)C(=O)c1cn(-c2ccc(Br)cc2)cn1. The molecule has 1 aromatic carbocycles. The molecule has 2 rings (SSSR count). The Hall–Kier alpha value is -2.15. The van der Waals surface area contributed by atoms with Crippen LogP contribution < -0.4 is 0 Å². The van der Waals surface area contributed by atoms with Crippen LogP contribution in [0.4, 0.5) is 0 Å². The topological polar surface area (TPSA) is 75.4 Å². The molecule has 1 N–H and O–H groups in total. The van der Waals surface area contributed by atoms with Crippen LogP contribution >= 0.6 is 15.9 Å². The normalized spacial score (nSPS) is 10.7. The molecule has 0 fully saturated rings. The van der Waals surface area contributed by atoms with E-state index in [-0.39, 0.29) is 18.3 Å². The summed E-state index contributed by atoms with van der Waals surface area (Å²) in [6, 6.07) is 7.33. The largest absolute Gasteiger partial charge is 0.480 e. The van der Waals surface area contributed by atoms with Gasteiger partial charge in [0.05, 0.1) is 0 Å². The van der Waals surface area contributed by atoms with Crippen molar-refractivity contribution in [3.63, 3.8) is 0 Å². The fraction of sp³-hybridized carbons (Fsp3) is 0.267. The van der Waals surface area contributed by atoms with E-state index in [9.17, 15) is 9.59 Å². The minimum absolute atomic E-state index is 0.220. The third-order valence-electron chi connectivity index (χ3n) is 3.12. The summed E-state index contributed by atoms with van der Waals surface area (Å²) in [6.45, 7) is 3.20. The molecule has 1 amide bonds. The highest BCUT2D eigenvalue weighted by Gasteiger charge is 2.23. The van der Waals surface area contributed by atoms with Gasteiger partial charge in [-0.2, -0.15) is 0 Å². The first-order chi connectivity index (χ1) is 10.4. The smallest absolute Gasteiger partial charge is 0.323 e. The molecule has 0 saturated carbocycles. The number of hydrogen-bond acceptors (Lipinski definition) is 3. The molecule has 0 spiro atoms. The van der Waals surface area contributed by atoms with E-state index >= 15 is 0 Å². The second-order valence-electron chi connectivity index (χ2n) is 5.06. The van der Waals surface area contributed by atoms with E-state index in [2.05, 4.69) is 20.9 Å². The van der Waals surface area contributed by atoms with E-state index in [4.69, 9.17) is 5.11 Å². The number of hydrogen-bond donors (Lipinski definition) is 1. The summed E-state index contributed by atoms with van der Waals surface area (Å²) in [6.07, 6.45) is 3.14. The van der Waals surface area contributed by atoms with Gasteiger partial charge in [0.2, 0.25) is 0 Å². The summed E-state index contributed by atoms with van der Waals surface area (Å²) < 4.78 is 2.68. The Kier molecular flexibility index (Phi) is 4.97. The van der Waals surface area contributed by atoms with E-state index in [0.717, 1.165) is 10.2 Å². The molecule has 0 radical (unpaired) electrons. The lowest BCUT2D eigenvalue weighted by atomic mass is 10.2. The van der Waals surface area contributed by atoms with Crippen molar-refractivity contribution in [1.29, 1.82) is 0 Å². The summed E-state index contributed by atoms with van der Waals surface area (Å²) in [5, 5.41) is 8.91. The van der Waals surface area contributed by atoms with Gasteiger partial charge in [-0.1, -0.05) is 15.9 Å². The van der Waals surface area contributed by atoms with Crippen LogP contribution in [0.15, 0.2) is 41.3 Å². The first kappa shape index (κ1) is 16.2. The summed E-state index contributed by atoms with van der Waals surface area (Å²) in [4.78, 5) is 28.7. The maximum absolute atomic E-state index is 12.4. The molecule has 0 aliphatic rings. The molecule has 0 aliphatic heterocycles. The Balaban J connectivity index is 2.24. The lowest BCUT2D eigenvalue weighted by Crippen LogP contribution is -2.40. The standard InChI is InChI=1S/C15H16BrN3O3/c1-10(2)19(8-14(20)21)15(22)13-7-18(9-17-13)12-5-3-11(16)4-6-12/h3-7,9-10H,8H2,1-2H3,(H,20,21). The van der Waals surface area contributed by atoms with Crippen molar-refractivity contribution in [3.05, 3.63) is 47.0 Å². The number of amides is 1. The number of carbonyl (C=O) groups excluding carboxylic acids is 1. The molecule has 0 unspecified atom stereocenters. The van der Waals surface area contributed by atoms with Gasteiger partial charge in [-0.15, -0.1) is 0 Å². The maximum Gasteiger partial charge on any atom is 0.323 e. The number of halogens is 1. The minimum atomic E-state index is -1.05. The Morgan fingerprint density at radius 2 is 1.95 bits per heavy atom. The highest BCUT2D eigenvalue weighted by atomic mass is 79.9. The number of benzene rings is 1. The van der Waals surface area contributed by atoms with E-state index in [1.807, 2.05) is 24.3 Å². The molecule has 116 valence electrons. The third kappa shape index (κ3) is 3.73. The van der Waals surface area contributed by atoms with Gasteiger partial charge in [0.25, 0.3) is 5.91 Å². The highest BCUT2D eigenvalue weighted by molar-refractivity contribution is 9.10. The number of rotatable bonds is 5. The molecule has 0 atom stereocenters.